The Kier molecular flexibility index (Phi) is 7.44. The van der Waals surface area contributed by atoms with Crippen LogP contribution in [0.3, 0.4) is 0 Å². The molecule has 1 aromatic carbocycles. The third-order valence-corrected chi connectivity index (χ3v) is 5.45. The highest BCUT2D eigenvalue weighted by Crippen LogP contribution is 2.26. The zero-order valence-corrected chi connectivity index (χ0v) is 18.5. The van der Waals surface area contributed by atoms with Crippen LogP contribution in [-0.4, -0.2) is 39.0 Å². The Bertz CT molecular complexity index is 965. The summed E-state index contributed by atoms with van der Waals surface area (Å²) in [5, 5.41) is 0. The standard InChI is InChI=1S/C22H26N4O2.C2H6/c1-3-4-17-11-20(27)25(13-17)14-18-9-10-23-22-21(18)24-15-26(22)12-16-5-7-19(28-2)8-6-16;1-2/h5-10,15,17H,3-4,11-14H2,1-2H3;1-2H3. The molecule has 1 atom stereocenters. The zero-order valence-electron chi connectivity index (χ0n) is 18.5. The minimum Gasteiger partial charge on any atom is -0.497 e. The monoisotopic (exact) mass is 408 g/mol. The van der Waals surface area contributed by atoms with Gasteiger partial charge in [0.1, 0.15) is 11.3 Å². The van der Waals surface area contributed by atoms with Crippen LogP contribution >= 0.6 is 0 Å². The molecule has 0 saturated carbocycles. The molecule has 0 bridgehead atoms. The number of benzene rings is 1. The fraction of sp³-hybridized carbons (Fsp3) is 0.458. The molecule has 30 heavy (non-hydrogen) atoms. The summed E-state index contributed by atoms with van der Waals surface area (Å²) in [7, 11) is 1.67. The lowest BCUT2D eigenvalue weighted by Crippen LogP contribution is -2.24. The molecule has 0 N–H and O–H groups in total. The average Bonchev–Trinajstić information content (AvgIpc) is 3.34. The van der Waals surface area contributed by atoms with Gasteiger partial charge in [0.2, 0.25) is 5.91 Å². The highest BCUT2D eigenvalue weighted by Gasteiger charge is 2.29. The van der Waals surface area contributed by atoms with Crippen molar-refractivity contribution in [3.63, 3.8) is 0 Å². The molecule has 1 saturated heterocycles. The molecule has 2 aromatic heterocycles. The van der Waals surface area contributed by atoms with Crippen molar-refractivity contribution in [2.45, 2.75) is 53.1 Å². The molecule has 3 aromatic rings. The molecule has 4 rings (SSSR count). The summed E-state index contributed by atoms with van der Waals surface area (Å²) < 4.78 is 7.27. The molecule has 6 heteroatoms. The Balaban J connectivity index is 0.00000124. The van der Waals surface area contributed by atoms with Crippen LogP contribution in [0.25, 0.3) is 11.2 Å². The van der Waals surface area contributed by atoms with Crippen LogP contribution < -0.4 is 4.74 Å². The molecule has 160 valence electrons. The van der Waals surface area contributed by atoms with E-state index >= 15 is 0 Å². The maximum atomic E-state index is 12.4. The zero-order chi connectivity index (χ0) is 21.5. The van der Waals surface area contributed by atoms with Crippen molar-refractivity contribution in [2.24, 2.45) is 5.92 Å². The second kappa shape index (κ2) is 10.2. The molecule has 6 nitrogen and oxygen atoms in total. The number of carbonyl (C=O) groups excluding carboxylic acids is 1. The van der Waals surface area contributed by atoms with E-state index in [2.05, 4.69) is 16.9 Å². The van der Waals surface area contributed by atoms with Crippen LogP contribution in [0.2, 0.25) is 0 Å². The van der Waals surface area contributed by atoms with Crippen LogP contribution in [0.5, 0.6) is 5.75 Å². The predicted molar refractivity (Wildman–Crippen MR) is 119 cm³/mol. The van der Waals surface area contributed by atoms with Crippen LogP contribution in [0.4, 0.5) is 0 Å². The van der Waals surface area contributed by atoms with E-state index < -0.39 is 0 Å². The Morgan fingerprint density at radius 2 is 1.87 bits per heavy atom. The Morgan fingerprint density at radius 3 is 2.57 bits per heavy atom. The number of rotatable bonds is 7. The van der Waals surface area contributed by atoms with Crippen LogP contribution in [-0.2, 0) is 17.9 Å². The van der Waals surface area contributed by atoms with E-state index in [1.165, 1.54) is 0 Å². The molecule has 0 aliphatic carbocycles. The first-order chi connectivity index (χ1) is 14.7. The maximum absolute atomic E-state index is 12.4. The number of methoxy groups -OCH3 is 1. The van der Waals surface area contributed by atoms with Gasteiger partial charge in [0.15, 0.2) is 5.65 Å². The van der Waals surface area contributed by atoms with Gasteiger partial charge in [0, 0.05) is 31.3 Å². The number of hydrogen-bond donors (Lipinski definition) is 0. The van der Waals surface area contributed by atoms with Gasteiger partial charge in [-0.2, -0.15) is 0 Å². The molecular weight excluding hydrogens is 376 g/mol. The normalized spacial score (nSPS) is 15.9. The number of ether oxygens (including phenoxy) is 1. The average molecular weight is 409 g/mol. The van der Waals surface area contributed by atoms with Crippen molar-refractivity contribution in [3.05, 3.63) is 54.0 Å². The first-order valence-corrected chi connectivity index (χ1v) is 10.9. The summed E-state index contributed by atoms with van der Waals surface area (Å²) in [5.41, 5.74) is 3.95. The smallest absolute Gasteiger partial charge is 0.223 e. The first kappa shape index (κ1) is 21.8. The number of fused-ring (bicyclic) bond motifs is 1. The van der Waals surface area contributed by atoms with E-state index in [9.17, 15) is 4.79 Å². The molecule has 1 amide bonds. The summed E-state index contributed by atoms with van der Waals surface area (Å²) in [6, 6.07) is 9.99. The Labute approximate surface area is 178 Å². The number of pyridine rings is 1. The Hall–Kier alpha value is -2.89. The topological polar surface area (TPSA) is 60.2 Å². The van der Waals surface area contributed by atoms with E-state index in [1.54, 1.807) is 7.11 Å². The third kappa shape index (κ3) is 4.81. The number of carbonyl (C=O) groups is 1. The highest BCUT2D eigenvalue weighted by atomic mass is 16.5. The Morgan fingerprint density at radius 1 is 1.10 bits per heavy atom. The highest BCUT2D eigenvalue weighted by molar-refractivity contribution is 5.80. The van der Waals surface area contributed by atoms with Gasteiger partial charge in [-0.3, -0.25) is 4.79 Å². The lowest BCUT2D eigenvalue weighted by Gasteiger charge is -2.17. The number of hydrogen-bond acceptors (Lipinski definition) is 4. The fourth-order valence-corrected chi connectivity index (χ4v) is 4.00. The summed E-state index contributed by atoms with van der Waals surface area (Å²) >= 11 is 0. The van der Waals surface area contributed by atoms with Gasteiger partial charge in [-0.15, -0.1) is 0 Å². The number of imidazole rings is 1. The lowest BCUT2D eigenvalue weighted by molar-refractivity contribution is -0.128. The van der Waals surface area contributed by atoms with Crippen LogP contribution in [0, 0.1) is 5.92 Å². The van der Waals surface area contributed by atoms with Gasteiger partial charge in [-0.1, -0.05) is 39.3 Å². The van der Waals surface area contributed by atoms with Crippen molar-refractivity contribution in [1.82, 2.24) is 19.4 Å². The fourth-order valence-electron chi connectivity index (χ4n) is 4.00. The molecule has 0 radical (unpaired) electrons. The predicted octanol–water partition coefficient (Wildman–Crippen LogP) is 4.66. The molecule has 3 heterocycles. The molecular formula is C24H32N4O2. The third-order valence-electron chi connectivity index (χ3n) is 5.45. The van der Waals surface area contributed by atoms with Crippen molar-refractivity contribution in [3.8, 4) is 5.75 Å². The number of amides is 1. The summed E-state index contributed by atoms with van der Waals surface area (Å²) in [6.07, 6.45) is 6.56. The molecule has 1 fully saturated rings. The summed E-state index contributed by atoms with van der Waals surface area (Å²) in [6.45, 7) is 8.33. The van der Waals surface area contributed by atoms with E-state index in [0.29, 0.717) is 25.4 Å². The van der Waals surface area contributed by atoms with Gasteiger partial charge in [-0.05, 0) is 36.1 Å². The number of likely N-dealkylation sites (tertiary alicyclic amines) is 1. The molecule has 1 aliphatic rings. The number of nitrogens with zero attached hydrogens (tertiary/aromatic N) is 4. The number of aromatic nitrogens is 3. The maximum Gasteiger partial charge on any atom is 0.223 e. The first-order valence-electron chi connectivity index (χ1n) is 10.9. The van der Waals surface area contributed by atoms with Gasteiger partial charge >= 0.3 is 0 Å². The van der Waals surface area contributed by atoms with E-state index in [4.69, 9.17) is 4.74 Å². The van der Waals surface area contributed by atoms with Crippen molar-refractivity contribution in [1.29, 1.82) is 0 Å². The minimum atomic E-state index is 0.251. The summed E-state index contributed by atoms with van der Waals surface area (Å²) in [5.74, 6) is 1.58. The quantitative estimate of drug-likeness (QED) is 0.570. The molecule has 0 spiro atoms. The van der Waals surface area contributed by atoms with Crippen LogP contribution in [0.15, 0.2) is 42.9 Å². The van der Waals surface area contributed by atoms with Crippen molar-refractivity contribution < 1.29 is 9.53 Å². The van der Waals surface area contributed by atoms with Crippen LogP contribution in [0.1, 0.15) is 51.2 Å². The van der Waals surface area contributed by atoms with E-state index in [0.717, 1.165) is 47.4 Å². The van der Waals surface area contributed by atoms with E-state index in [-0.39, 0.29) is 5.91 Å². The SMILES string of the molecule is CC.CCCC1CC(=O)N(Cc2ccnc3c2ncn3Cc2ccc(OC)cc2)C1. The largest absolute Gasteiger partial charge is 0.497 e. The van der Waals surface area contributed by atoms with Gasteiger partial charge < -0.3 is 14.2 Å². The molecule has 1 aliphatic heterocycles. The minimum absolute atomic E-state index is 0.251. The lowest BCUT2D eigenvalue weighted by atomic mass is 10.0. The van der Waals surface area contributed by atoms with Gasteiger partial charge in [0.05, 0.1) is 20.0 Å². The van der Waals surface area contributed by atoms with Crippen molar-refractivity contribution in [2.75, 3.05) is 13.7 Å². The second-order valence-electron chi connectivity index (χ2n) is 7.50. The van der Waals surface area contributed by atoms with Gasteiger partial charge in [-0.25, -0.2) is 9.97 Å². The summed E-state index contributed by atoms with van der Waals surface area (Å²) in [4.78, 5) is 23.5. The van der Waals surface area contributed by atoms with Crippen molar-refractivity contribution >= 4 is 17.1 Å². The van der Waals surface area contributed by atoms with Gasteiger partial charge in [0.25, 0.3) is 0 Å². The van der Waals surface area contributed by atoms with E-state index in [1.807, 2.05) is 66.2 Å². The molecule has 1 unspecified atom stereocenters. The second-order valence-corrected chi connectivity index (χ2v) is 7.50.